The second-order valence-electron chi connectivity index (χ2n) is 6.45. The quantitative estimate of drug-likeness (QED) is 0.857. The number of nitrogens with zero attached hydrogens (tertiary/aromatic N) is 1. The van der Waals surface area contributed by atoms with Crippen LogP contribution in [-0.4, -0.2) is 50.1 Å². The molecule has 1 fully saturated rings. The highest BCUT2D eigenvalue weighted by atomic mass is 16.5. The Hall–Kier alpha value is -2.24. The van der Waals surface area contributed by atoms with Crippen molar-refractivity contribution in [3.05, 3.63) is 23.8 Å². The third-order valence-corrected chi connectivity index (χ3v) is 4.78. The lowest BCUT2D eigenvalue weighted by atomic mass is 9.95. The number of hydrogen-bond donors (Lipinski definition) is 1. The van der Waals surface area contributed by atoms with Crippen LogP contribution in [0.2, 0.25) is 0 Å². The highest BCUT2D eigenvalue weighted by Crippen LogP contribution is 2.28. The Morgan fingerprint density at radius 2 is 1.84 bits per heavy atom. The molecule has 0 saturated carbocycles. The Balaban J connectivity index is 1.96. The minimum Gasteiger partial charge on any atom is -0.493 e. The molecule has 2 amide bonds. The average molecular weight is 348 g/mol. The molecule has 6 heteroatoms. The van der Waals surface area contributed by atoms with E-state index in [1.165, 1.54) is 0 Å². The van der Waals surface area contributed by atoms with Crippen LogP contribution >= 0.6 is 0 Å². The van der Waals surface area contributed by atoms with E-state index in [-0.39, 0.29) is 23.8 Å². The van der Waals surface area contributed by atoms with Gasteiger partial charge in [-0.15, -0.1) is 0 Å². The fourth-order valence-corrected chi connectivity index (χ4v) is 2.96. The predicted octanol–water partition coefficient (Wildman–Crippen LogP) is 2.47. The van der Waals surface area contributed by atoms with E-state index in [0.29, 0.717) is 43.0 Å². The smallest absolute Gasteiger partial charge is 0.253 e. The molecule has 1 aliphatic heterocycles. The maximum absolute atomic E-state index is 12.7. The van der Waals surface area contributed by atoms with E-state index in [1.54, 1.807) is 37.3 Å². The van der Waals surface area contributed by atoms with Crippen LogP contribution in [0.3, 0.4) is 0 Å². The van der Waals surface area contributed by atoms with E-state index in [0.717, 1.165) is 6.42 Å². The van der Waals surface area contributed by atoms with Crippen LogP contribution in [0, 0.1) is 5.92 Å². The lowest BCUT2D eigenvalue weighted by Crippen LogP contribution is -2.44. The maximum Gasteiger partial charge on any atom is 0.253 e. The lowest BCUT2D eigenvalue weighted by Gasteiger charge is -2.32. The first-order chi connectivity index (χ1) is 12.0. The van der Waals surface area contributed by atoms with Gasteiger partial charge in [0, 0.05) is 30.6 Å². The van der Waals surface area contributed by atoms with Crippen molar-refractivity contribution < 1.29 is 19.1 Å². The van der Waals surface area contributed by atoms with Gasteiger partial charge in [0.25, 0.3) is 5.91 Å². The fourth-order valence-electron chi connectivity index (χ4n) is 2.96. The number of carbonyl (C=O) groups excluding carboxylic acids is 2. The number of nitrogens with one attached hydrogen (secondary N) is 1. The van der Waals surface area contributed by atoms with E-state index in [9.17, 15) is 9.59 Å². The third kappa shape index (κ3) is 4.65. The van der Waals surface area contributed by atoms with E-state index in [4.69, 9.17) is 9.47 Å². The van der Waals surface area contributed by atoms with Gasteiger partial charge in [0.05, 0.1) is 14.2 Å². The normalized spacial score (nSPS) is 16.2. The monoisotopic (exact) mass is 348 g/mol. The minimum atomic E-state index is -0.0401. The molecule has 1 N–H and O–H groups in total. The molecule has 1 atom stereocenters. The second-order valence-corrected chi connectivity index (χ2v) is 6.45. The summed E-state index contributed by atoms with van der Waals surface area (Å²) in [5.74, 6) is 1.19. The minimum absolute atomic E-state index is 0.0107. The first-order valence-corrected chi connectivity index (χ1v) is 8.81. The Bertz CT molecular complexity index is 609. The van der Waals surface area contributed by atoms with E-state index in [2.05, 4.69) is 12.2 Å². The summed E-state index contributed by atoms with van der Waals surface area (Å²) in [4.78, 5) is 26.7. The van der Waals surface area contributed by atoms with Crippen molar-refractivity contribution >= 4 is 11.8 Å². The van der Waals surface area contributed by atoms with Crippen molar-refractivity contribution in [2.24, 2.45) is 5.92 Å². The largest absolute Gasteiger partial charge is 0.493 e. The maximum atomic E-state index is 12.7. The Morgan fingerprint density at radius 3 is 2.40 bits per heavy atom. The predicted molar refractivity (Wildman–Crippen MR) is 96.1 cm³/mol. The molecular weight excluding hydrogens is 320 g/mol. The summed E-state index contributed by atoms with van der Waals surface area (Å²) in [6, 6.07) is 5.37. The molecule has 0 aromatic heterocycles. The summed E-state index contributed by atoms with van der Waals surface area (Å²) < 4.78 is 10.5. The van der Waals surface area contributed by atoms with Gasteiger partial charge < -0.3 is 19.7 Å². The highest BCUT2D eigenvalue weighted by molar-refractivity contribution is 5.95. The standard InChI is InChI=1S/C19H28N2O4/c1-5-13(2)20-18(22)14-8-10-21(11-9-14)19(23)15-6-7-16(24-3)17(12-15)25-4/h6-7,12-14H,5,8-11H2,1-4H3,(H,20,22). The summed E-state index contributed by atoms with van der Waals surface area (Å²) in [5, 5.41) is 3.03. The van der Waals surface area contributed by atoms with Crippen LogP contribution in [0.4, 0.5) is 0 Å². The first kappa shape index (κ1) is 19.1. The van der Waals surface area contributed by atoms with Gasteiger partial charge in [-0.1, -0.05) is 6.92 Å². The molecule has 1 saturated heterocycles. The number of ether oxygens (including phenoxy) is 2. The van der Waals surface area contributed by atoms with Gasteiger partial charge in [0.15, 0.2) is 11.5 Å². The molecule has 138 valence electrons. The first-order valence-electron chi connectivity index (χ1n) is 8.81. The zero-order valence-electron chi connectivity index (χ0n) is 15.5. The number of benzene rings is 1. The molecule has 0 spiro atoms. The molecule has 25 heavy (non-hydrogen) atoms. The van der Waals surface area contributed by atoms with Crippen LogP contribution in [0.5, 0.6) is 11.5 Å². The van der Waals surface area contributed by atoms with Gasteiger partial charge in [-0.25, -0.2) is 0 Å². The number of hydrogen-bond acceptors (Lipinski definition) is 4. The fraction of sp³-hybridized carbons (Fsp3) is 0.579. The molecule has 0 aliphatic carbocycles. The zero-order valence-corrected chi connectivity index (χ0v) is 15.5. The second kappa shape index (κ2) is 8.74. The average Bonchev–Trinajstić information content (AvgIpc) is 2.66. The molecule has 1 heterocycles. The molecule has 1 aromatic carbocycles. The van der Waals surface area contributed by atoms with Gasteiger partial charge in [-0.3, -0.25) is 9.59 Å². The summed E-state index contributed by atoms with van der Waals surface area (Å²) in [6.07, 6.45) is 2.31. The molecule has 0 radical (unpaired) electrons. The zero-order chi connectivity index (χ0) is 18.4. The summed E-state index contributed by atoms with van der Waals surface area (Å²) >= 11 is 0. The number of carbonyl (C=O) groups is 2. The van der Waals surface area contributed by atoms with Crippen molar-refractivity contribution in [1.82, 2.24) is 10.2 Å². The van der Waals surface area contributed by atoms with Crippen molar-refractivity contribution in [2.75, 3.05) is 27.3 Å². The van der Waals surface area contributed by atoms with Crippen LogP contribution in [0.15, 0.2) is 18.2 Å². The van der Waals surface area contributed by atoms with Crippen LogP contribution < -0.4 is 14.8 Å². The molecular formula is C19H28N2O4. The van der Waals surface area contributed by atoms with E-state index in [1.807, 2.05) is 6.92 Å². The number of rotatable bonds is 6. The summed E-state index contributed by atoms with van der Waals surface area (Å²) in [6.45, 7) is 5.24. The molecule has 1 aromatic rings. The van der Waals surface area contributed by atoms with Gasteiger partial charge >= 0.3 is 0 Å². The topological polar surface area (TPSA) is 67.9 Å². The molecule has 6 nitrogen and oxygen atoms in total. The molecule has 2 rings (SSSR count). The Morgan fingerprint density at radius 1 is 1.20 bits per heavy atom. The van der Waals surface area contributed by atoms with Gasteiger partial charge in [-0.2, -0.15) is 0 Å². The van der Waals surface area contributed by atoms with Gasteiger partial charge in [-0.05, 0) is 44.4 Å². The van der Waals surface area contributed by atoms with Crippen molar-refractivity contribution in [1.29, 1.82) is 0 Å². The van der Waals surface area contributed by atoms with Crippen molar-refractivity contribution in [3.8, 4) is 11.5 Å². The molecule has 0 bridgehead atoms. The SMILES string of the molecule is CCC(C)NC(=O)C1CCN(C(=O)c2ccc(OC)c(OC)c2)CC1. The number of amides is 2. The Labute approximate surface area is 149 Å². The lowest BCUT2D eigenvalue weighted by molar-refractivity contribution is -0.126. The van der Waals surface area contributed by atoms with Crippen molar-refractivity contribution in [3.63, 3.8) is 0 Å². The van der Waals surface area contributed by atoms with Gasteiger partial charge in [0.1, 0.15) is 0 Å². The highest BCUT2D eigenvalue weighted by Gasteiger charge is 2.28. The van der Waals surface area contributed by atoms with E-state index < -0.39 is 0 Å². The van der Waals surface area contributed by atoms with Crippen LogP contribution in [-0.2, 0) is 4.79 Å². The molecule has 1 unspecified atom stereocenters. The number of methoxy groups -OCH3 is 2. The third-order valence-electron chi connectivity index (χ3n) is 4.78. The van der Waals surface area contributed by atoms with E-state index >= 15 is 0 Å². The number of piperidine rings is 1. The Kier molecular flexibility index (Phi) is 6.67. The number of likely N-dealkylation sites (tertiary alicyclic amines) is 1. The van der Waals surface area contributed by atoms with Crippen LogP contribution in [0.25, 0.3) is 0 Å². The summed E-state index contributed by atoms with van der Waals surface area (Å²) in [7, 11) is 3.11. The van der Waals surface area contributed by atoms with Crippen molar-refractivity contribution in [2.45, 2.75) is 39.2 Å². The molecule has 1 aliphatic rings. The van der Waals surface area contributed by atoms with Gasteiger partial charge in [0.2, 0.25) is 5.91 Å². The van der Waals surface area contributed by atoms with Crippen LogP contribution in [0.1, 0.15) is 43.5 Å². The summed E-state index contributed by atoms with van der Waals surface area (Å²) in [5.41, 5.74) is 0.570.